The number of nitrogens with zero attached hydrogens (tertiary/aromatic N) is 1. The van der Waals surface area contributed by atoms with Gasteiger partial charge in [0.05, 0.1) is 11.8 Å². The smallest absolute Gasteiger partial charge is 0.138 e. The molecule has 0 aliphatic carbocycles. The molecular weight excluding hydrogens is 202 g/mol. The van der Waals surface area contributed by atoms with Crippen LogP contribution in [-0.4, -0.2) is 30.9 Å². The summed E-state index contributed by atoms with van der Waals surface area (Å²) in [7, 11) is 0. The van der Waals surface area contributed by atoms with Crippen LogP contribution in [0.2, 0.25) is 0 Å². The van der Waals surface area contributed by atoms with Gasteiger partial charge < -0.3 is 14.7 Å². The number of phenolic OH excluding ortho intramolecular Hbond substituents is 1. The maximum atomic E-state index is 9.80. The van der Waals surface area contributed by atoms with Crippen molar-refractivity contribution in [1.29, 1.82) is 0 Å². The zero-order valence-corrected chi connectivity index (χ0v) is 9.72. The Balaban J connectivity index is 2.06. The highest BCUT2D eigenvalue weighted by molar-refractivity contribution is 5.57. The van der Waals surface area contributed by atoms with Crippen molar-refractivity contribution in [2.45, 2.75) is 25.9 Å². The van der Waals surface area contributed by atoms with Gasteiger partial charge in [-0.15, -0.1) is 0 Å². The van der Waals surface area contributed by atoms with Crippen LogP contribution in [0.15, 0.2) is 24.3 Å². The van der Waals surface area contributed by atoms with Crippen LogP contribution in [0.25, 0.3) is 0 Å². The van der Waals surface area contributed by atoms with Crippen molar-refractivity contribution in [2.75, 3.05) is 24.6 Å². The van der Waals surface area contributed by atoms with Crippen molar-refractivity contribution in [3.8, 4) is 5.75 Å². The predicted molar refractivity (Wildman–Crippen MR) is 65.0 cm³/mol. The molecule has 1 N–H and O–H groups in total. The molecule has 3 nitrogen and oxygen atoms in total. The van der Waals surface area contributed by atoms with Gasteiger partial charge in [0, 0.05) is 19.7 Å². The van der Waals surface area contributed by atoms with Crippen LogP contribution in [-0.2, 0) is 4.74 Å². The van der Waals surface area contributed by atoms with E-state index in [9.17, 15) is 5.11 Å². The Hall–Kier alpha value is -1.22. The number of anilines is 1. The molecule has 1 unspecified atom stereocenters. The first-order valence-electron chi connectivity index (χ1n) is 5.96. The molecule has 1 saturated heterocycles. The number of ether oxygens (including phenoxy) is 1. The number of phenols is 1. The predicted octanol–water partition coefficient (Wildman–Crippen LogP) is 2.40. The minimum Gasteiger partial charge on any atom is -0.506 e. The fraction of sp³-hybridized carbons (Fsp3) is 0.538. The van der Waals surface area contributed by atoms with Crippen LogP contribution in [0.3, 0.4) is 0 Å². The van der Waals surface area contributed by atoms with E-state index in [1.807, 2.05) is 18.2 Å². The SMILES string of the molecule is CCN(CC1CCCO1)c1ccccc1O. The Labute approximate surface area is 96.6 Å². The van der Waals surface area contributed by atoms with Crippen molar-refractivity contribution in [3.05, 3.63) is 24.3 Å². The largest absolute Gasteiger partial charge is 0.506 e. The highest BCUT2D eigenvalue weighted by Gasteiger charge is 2.19. The van der Waals surface area contributed by atoms with Crippen LogP contribution in [0.5, 0.6) is 5.75 Å². The maximum Gasteiger partial charge on any atom is 0.138 e. The molecule has 3 heteroatoms. The first-order chi connectivity index (χ1) is 7.81. The Kier molecular flexibility index (Phi) is 3.67. The Bertz CT molecular complexity index is 334. The lowest BCUT2D eigenvalue weighted by Crippen LogP contribution is -2.31. The zero-order chi connectivity index (χ0) is 11.4. The average molecular weight is 221 g/mol. The minimum atomic E-state index is 0.319. The quantitative estimate of drug-likeness (QED) is 0.847. The molecule has 1 aromatic carbocycles. The van der Waals surface area contributed by atoms with E-state index >= 15 is 0 Å². The van der Waals surface area contributed by atoms with E-state index < -0.39 is 0 Å². The van der Waals surface area contributed by atoms with Crippen molar-refractivity contribution in [1.82, 2.24) is 0 Å². The van der Waals surface area contributed by atoms with Crippen LogP contribution in [0.4, 0.5) is 5.69 Å². The summed E-state index contributed by atoms with van der Waals surface area (Å²) in [6.07, 6.45) is 2.60. The minimum absolute atomic E-state index is 0.319. The van der Waals surface area contributed by atoms with E-state index in [1.54, 1.807) is 6.07 Å². The molecule has 1 aliphatic rings. The first kappa shape index (κ1) is 11.3. The van der Waals surface area contributed by atoms with Gasteiger partial charge in [-0.3, -0.25) is 0 Å². The molecule has 0 amide bonds. The van der Waals surface area contributed by atoms with Gasteiger partial charge >= 0.3 is 0 Å². The molecule has 0 saturated carbocycles. The number of para-hydroxylation sites is 2. The van der Waals surface area contributed by atoms with Crippen LogP contribution >= 0.6 is 0 Å². The number of benzene rings is 1. The van der Waals surface area contributed by atoms with E-state index in [2.05, 4.69) is 11.8 Å². The summed E-state index contributed by atoms with van der Waals surface area (Å²) >= 11 is 0. The number of likely N-dealkylation sites (N-methyl/N-ethyl adjacent to an activating group) is 1. The molecule has 0 radical (unpaired) electrons. The normalized spacial score (nSPS) is 19.9. The van der Waals surface area contributed by atoms with Crippen LogP contribution in [0, 0.1) is 0 Å². The topological polar surface area (TPSA) is 32.7 Å². The standard InChI is InChI=1S/C13H19NO2/c1-2-14(10-11-6-5-9-16-11)12-7-3-4-8-13(12)15/h3-4,7-8,11,15H,2,5-6,9-10H2,1H3. The molecule has 88 valence electrons. The molecule has 1 aliphatic heterocycles. The first-order valence-corrected chi connectivity index (χ1v) is 5.96. The summed E-state index contributed by atoms with van der Waals surface area (Å²) in [6.45, 7) is 4.73. The second kappa shape index (κ2) is 5.21. The molecule has 0 spiro atoms. The molecule has 1 aromatic rings. The molecule has 2 rings (SSSR count). The van der Waals surface area contributed by atoms with Gasteiger partial charge in [0.25, 0.3) is 0 Å². The third-order valence-electron chi connectivity index (χ3n) is 3.05. The van der Waals surface area contributed by atoms with Crippen molar-refractivity contribution < 1.29 is 9.84 Å². The van der Waals surface area contributed by atoms with E-state index in [0.29, 0.717) is 11.9 Å². The van der Waals surface area contributed by atoms with Gasteiger partial charge in [0.15, 0.2) is 0 Å². The summed E-state index contributed by atoms with van der Waals surface area (Å²) in [4.78, 5) is 2.17. The second-order valence-corrected chi connectivity index (χ2v) is 4.16. The van der Waals surface area contributed by atoms with E-state index in [-0.39, 0.29) is 0 Å². The van der Waals surface area contributed by atoms with Gasteiger partial charge in [-0.05, 0) is 31.9 Å². The lowest BCUT2D eigenvalue weighted by atomic mass is 10.2. The summed E-state index contributed by atoms with van der Waals surface area (Å²) in [5.74, 6) is 0.349. The highest BCUT2D eigenvalue weighted by Crippen LogP contribution is 2.27. The van der Waals surface area contributed by atoms with Gasteiger partial charge in [0.1, 0.15) is 5.75 Å². The number of hydrogen-bond donors (Lipinski definition) is 1. The maximum absolute atomic E-state index is 9.80. The van der Waals surface area contributed by atoms with Gasteiger partial charge in [-0.2, -0.15) is 0 Å². The summed E-state index contributed by atoms with van der Waals surface area (Å²) in [5.41, 5.74) is 0.903. The van der Waals surface area contributed by atoms with Crippen LogP contribution in [0.1, 0.15) is 19.8 Å². The van der Waals surface area contributed by atoms with Crippen molar-refractivity contribution in [2.24, 2.45) is 0 Å². The molecular formula is C13H19NO2. The van der Waals surface area contributed by atoms with Crippen LogP contribution < -0.4 is 4.90 Å². The number of aromatic hydroxyl groups is 1. The van der Waals surface area contributed by atoms with Gasteiger partial charge in [-0.1, -0.05) is 12.1 Å². The lowest BCUT2D eigenvalue weighted by Gasteiger charge is -2.26. The van der Waals surface area contributed by atoms with Crippen molar-refractivity contribution >= 4 is 5.69 Å². The van der Waals surface area contributed by atoms with E-state index in [4.69, 9.17) is 4.74 Å². The summed E-state index contributed by atoms with van der Waals surface area (Å²) < 4.78 is 5.62. The van der Waals surface area contributed by atoms with E-state index in [0.717, 1.165) is 38.2 Å². The zero-order valence-electron chi connectivity index (χ0n) is 9.72. The highest BCUT2D eigenvalue weighted by atomic mass is 16.5. The number of hydrogen-bond acceptors (Lipinski definition) is 3. The third-order valence-corrected chi connectivity index (χ3v) is 3.05. The fourth-order valence-electron chi connectivity index (χ4n) is 2.16. The number of rotatable bonds is 4. The third kappa shape index (κ3) is 2.47. The molecule has 0 bridgehead atoms. The average Bonchev–Trinajstić information content (AvgIpc) is 2.80. The van der Waals surface area contributed by atoms with Gasteiger partial charge in [-0.25, -0.2) is 0 Å². The molecule has 1 fully saturated rings. The fourth-order valence-corrected chi connectivity index (χ4v) is 2.16. The molecule has 16 heavy (non-hydrogen) atoms. The second-order valence-electron chi connectivity index (χ2n) is 4.16. The lowest BCUT2D eigenvalue weighted by molar-refractivity contribution is 0.115. The Morgan fingerprint density at radius 2 is 2.25 bits per heavy atom. The Morgan fingerprint density at radius 1 is 1.44 bits per heavy atom. The monoisotopic (exact) mass is 221 g/mol. The molecule has 1 atom stereocenters. The molecule has 1 heterocycles. The van der Waals surface area contributed by atoms with Gasteiger partial charge in [0.2, 0.25) is 0 Å². The summed E-state index contributed by atoms with van der Waals surface area (Å²) in [5, 5.41) is 9.80. The van der Waals surface area contributed by atoms with E-state index in [1.165, 1.54) is 0 Å². The molecule has 0 aromatic heterocycles. The Morgan fingerprint density at radius 3 is 2.88 bits per heavy atom. The van der Waals surface area contributed by atoms with Crippen molar-refractivity contribution in [3.63, 3.8) is 0 Å². The summed E-state index contributed by atoms with van der Waals surface area (Å²) in [6, 6.07) is 7.48.